The van der Waals surface area contributed by atoms with Gasteiger partial charge in [-0.2, -0.15) is 0 Å². The first-order chi connectivity index (χ1) is 11.6. The Morgan fingerprint density at radius 1 is 1.29 bits per heavy atom. The van der Waals surface area contributed by atoms with Crippen LogP contribution >= 0.6 is 27.3 Å². The Hall–Kier alpha value is -1.40. The highest BCUT2D eigenvalue weighted by Gasteiger charge is 2.21. The lowest BCUT2D eigenvalue weighted by atomic mass is 9.95. The number of nitrogens with zero attached hydrogens (tertiary/aromatic N) is 3. The molecule has 3 aromatic rings. The van der Waals surface area contributed by atoms with Gasteiger partial charge in [-0.25, -0.2) is 4.98 Å². The van der Waals surface area contributed by atoms with Crippen molar-refractivity contribution in [3.63, 3.8) is 0 Å². The van der Waals surface area contributed by atoms with Crippen LogP contribution in [0.5, 0.6) is 0 Å². The molecule has 0 spiro atoms. The van der Waals surface area contributed by atoms with Gasteiger partial charge in [0.15, 0.2) is 0 Å². The van der Waals surface area contributed by atoms with Crippen molar-refractivity contribution in [1.82, 2.24) is 9.55 Å². The van der Waals surface area contributed by atoms with Crippen LogP contribution in [0.3, 0.4) is 0 Å². The van der Waals surface area contributed by atoms with Crippen molar-refractivity contribution in [1.29, 1.82) is 0 Å². The minimum absolute atomic E-state index is 0.142. The lowest BCUT2D eigenvalue weighted by Crippen LogP contribution is -2.25. The van der Waals surface area contributed by atoms with Gasteiger partial charge in [0.25, 0.3) is 5.56 Å². The van der Waals surface area contributed by atoms with E-state index in [2.05, 4.69) is 31.9 Å². The maximum absolute atomic E-state index is 13.1. The van der Waals surface area contributed by atoms with Gasteiger partial charge in [0.2, 0.25) is 0 Å². The number of fused-ring (bicyclic) bond motifs is 3. The molecule has 1 fully saturated rings. The molecule has 0 aliphatic heterocycles. The van der Waals surface area contributed by atoms with Gasteiger partial charge in [0, 0.05) is 43.3 Å². The average Bonchev–Trinajstić information content (AvgIpc) is 2.95. The zero-order valence-corrected chi connectivity index (χ0v) is 16.3. The van der Waals surface area contributed by atoms with E-state index in [9.17, 15) is 4.79 Å². The van der Waals surface area contributed by atoms with Crippen LogP contribution in [0, 0.1) is 0 Å². The molecule has 0 atom stereocenters. The number of hydrogen-bond donors (Lipinski definition) is 0. The summed E-state index contributed by atoms with van der Waals surface area (Å²) in [4.78, 5) is 20.6. The summed E-state index contributed by atoms with van der Waals surface area (Å²) in [6, 6.07) is 2.46. The average molecular weight is 406 g/mol. The lowest BCUT2D eigenvalue weighted by Gasteiger charge is -2.23. The smallest absolute Gasteiger partial charge is 0.268 e. The zero-order chi connectivity index (χ0) is 16.8. The van der Waals surface area contributed by atoms with E-state index in [1.807, 2.05) is 31.1 Å². The number of aromatic nitrogens is 2. The van der Waals surface area contributed by atoms with Crippen molar-refractivity contribution < 1.29 is 0 Å². The van der Waals surface area contributed by atoms with Crippen molar-refractivity contribution in [3.05, 3.63) is 33.3 Å². The van der Waals surface area contributed by atoms with Crippen molar-refractivity contribution in [2.75, 3.05) is 19.0 Å². The third kappa shape index (κ3) is 2.47. The van der Waals surface area contributed by atoms with E-state index in [0.29, 0.717) is 6.04 Å². The molecule has 4 rings (SSSR count). The van der Waals surface area contributed by atoms with E-state index in [-0.39, 0.29) is 5.56 Å². The quantitative estimate of drug-likeness (QED) is 0.605. The normalized spacial score (nSPS) is 16.1. The van der Waals surface area contributed by atoms with Crippen LogP contribution in [0.4, 0.5) is 5.69 Å². The number of hydrogen-bond acceptors (Lipinski definition) is 4. The summed E-state index contributed by atoms with van der Waals surface area (Å²) >= 11 is 5.12. The first-order valence-corrected chi connectivity index (χ1v) is 9.98. The van der Waals surface area contributed by atoms with Crippen LogP contribution in [-0.4, -0.2) is 23.6 Å². The molecule has 0 saturated heterocycles. The highest BCUT2D eigenvalue weighted by atomic mass is 79.9. The van der Waals surface area contributed by atoms with Crippen LogP contribution < -0.4 is 10.5 Å². The van der Waals surface area contributed by atoms with Gasteiger partial charge in [0.1, 0.15) is 9.53 Å². The van der Waals surface area contributed by atoms with Crippen molar-refractivity contribution in [2.24, 2.45) is 0 Å². The second-order valence-electron chi connectivity index (χ2n) is 6.69. The standard InChI is InChI=1S/C18H20BrN3OS/c1-21(2)15-13(19)10-20-17-14(15)12-8-9-22(18(23)16(12)24-17)11-6-4-3-5-7-11/h8-11H,3-7H2,1-2H3. The lowest BCUT2D eigenvalue weighted by molar-refractivity contribution is 0.347. The number of rotatable bonds is 2. The largest absolute Gasteiger partial charge is 0.376 e. The Morgan fingerprint density at radius 3 is 2.75 bits per heavy atom. The van der Waals surface area contributed by atoms with Gasteiger partial charge in [-0.15, -0.1) is 11.3 Å². The number of thiophene rings is 1. The summed E-state index contributed by atoms with van der Waals surface area (Å²) in [5.41, 5.74) is 1.23. The molecule has 3 aromatic heterocycles. The molecule has 1 aliphatic rings. The van der Waals surface area contributed by atoms with Crippen molar-refractivity contribution in [2.45, 2.75) is 38.1 Å². The van der Waals surface area contributed by atoms with E-state index >= 15 is 0 Å². The van der Waals surface area contributed by atoms with E-state index < -0.39 is 0 Å². The molecule has 0 aromatic carbocycles. The Morgan fingerprint density at radius 2 is 2.04 bits per heavy atom. The molecule has 0 bridgehead atoms. The molecule has 1 aliphatic carbocycles. The predicted molar refractivity (Wildman–Crippen MR) is 106 cm³/mol. The monoisotopic (exact) mass is 405 g/mol. The Kier molecular flexibility index (Phi) is 4.12. The van der Waals surface area contributed by atoms with Crippen LogP contribution in [-0.2, 0) is 0 Å². The SMILES string of the molecule is CN(C)c1c(Br)cnc2sc3c(=O)n(C4CCCCC4)ccc3c12. The first kappa shape index (κ1) is 16.1. The van der Waals surface area contributed by atoms with Crippen molar-refractivity contribution in [3.8, 4) is 0 Å². The Bertz CT molecular complexity index is 970. The third-order valence-corrected chi connectivity index (χ3v) is 6.61. The highest BCUT2D eigenvalue weighted by molar-refractivity contribution is 9.10. The molecular weight excluding hydrogens is 386 g/mol. The van der Waals surface area contributed by atoms with Gasteiger partial charge in [0.05, 0.1) is 10.2 Å². The summed E-state index contributed by atoms with van der Waals surface area (Å²) in [6.45, 7) is 0. The summed E-state index contributed by atoms with van der Waals surface area (Å²) in [5.74, 6) is 0. The molecule has 24 heavy (non-hydrogen) atoms. The summed E-state index contributed by atoms with van der Waals surface area (Å²) < 4.78 is 3.74. The van der Waals surface area contributed by atoms with Gasteiger partial charge in [-0.05, 0) is 34.8 Å². The van der Waals surface area contributed by atoms with Crippen LogP contribution in [0.2, 0.25) is 0 Å². The van der Waals surface area contributed by atoms with E-state index in [0.717, 1.165) is 43.3 Å². The first-order valence-electron chi connectivity index (χ1n) is 8.37. The summed E-state index contributed by atoms with van der Waals surface area (Å²) in [7, 11) is 4.04. The molecule has 126 valence electrons. The Labute approximate surface area is 153 Å². The summed E-state index contributed by atoms with van der Waals surface area (Å²) in [5, 5.41) is 2.09. The molecule has 4 nitrogen and oxygen atoms in total. The highest BCUT2D eigenvalue weighted by Crippen LogP contribution is 2.40. The number of anilines is 1. The van der Waals surface area contributed by atoms with Crippen LogP contribution in [0.25, 0.3) is 20.3 Å². The topological polar surface area (TPSA) is 38.1 Å². The minimum atomic E-state index is 0.142. The maximum atomic E-state index is 13.1. The van der Waals surface area contributed by atoms with Crippen LogP contribution in [0.15, 0.2) is 27.7 Å². The van der Waals surface area contributed by atoms with E-state index in [1.54, 1.807) is 0 Å². The van der Waals surface area contributed by atoms with Gasteiger partial charge in [-0.1, -0.05) is 19.3 Å². The van der Waals surface area contributed by atoms with Gasteiger partial charge >= 0.3 is 0 Å². The number of halogens is 1. The summed E-state index contributed by atoms with van der Waals surface area (Å²) in [6.07, 6.45) is 9.79. The van der Waals surface area contributed by atoms with E-state index in [4.69, 9.17) is 0 Å². The fourth-order valence-corrected chi connectivity index (χ4v) is 5.52. The van der Waals surface area contributed by atoms with Crippen molar-refractivity contribution >= 4 is 53.3 Å². The predicted octanol–water partition coefficient (Wildman–Crippen LogP) is 4.94. The minimum Gasteiger partial charge on any atom is -0.376 e. The van der Waals surface area contributed by atoms with Gasteiger partial charge < -0.3 is 9.47 Å². The number of pyridine rings is 2. The third-order valence-electron chi connectivity index (χ3n) is 4.93. The molecule has 0 radical (unpaired) electrons. The molecule has 3 heterocycles. The molecule has 0 unspecified atom stereocenters. The second kappa shape index (κ2) is 6.15. The Balaban J connectivity index is 1.99. The maximum Gasteiger partial charge on any atom is 0.268 e. The van der Waals surface area contributed by atoms with Crippen LogP contribution in [0.1, 0.15) is 38.1 Å². The van der Waals surface area contributed by atoms with Gasteiger partial charge in [-0.3, -0.25) is 4.79 Å². The molecular formula is C18H20BrN3OS. The fourth-order valence-electron chi connectivity index (χ4n) is 3.79. The van der Waals surface area contributed by atoms with E-state index in [1.165, 1.54) is 30.6 Å². The zero-order valence-electron chi connectivity index (χ0n) is 13.9. The molecule has 0 N–H and O–H groups in total. The molecule has 0 amide bonds. The molecule has 6 heteroatoms. The fraction of sp³-hybridized carbons (Fsp3) is 0.444. The second-order valence-corrected chi connectivity index (χ2v) is 8.55. The molecule has 1 saturated carbocycles.